The van der Waals surface area contributed by atoms with Crippen molar-refractivity contribution in [2.24, 2.45) is 0 Å². The number of esters is 1. The number of benzene rings is 2. The molecule has 0 aliphatic carbocycles. The first-order valence-corrected chi connectivity index (χ1v) is 10.1. The Bertz CT molecular complexity index is 972. The summed E-state index contributed by atoms with van der Waals surface area (Å²) >= 11 is 1.47. The Morgan fingerprint density at radius 1 is 1.10 bits per heavy atom. The van der Waals surface area contributed by atoms with Crippen molar-refractivity contribution in [2.45, 2.75) is 24.1 Å². The van der Waals surface area contributed by atoms with Crippen molar-refractivity contribution in [1.29, 1.82) is 0 Å². The Hall–Kier alpha value is -3.06. The summed E-state index contributed by atoms with van der Waals surface area (Å²) in [5.74, 6) is 0.531. The molecule has 0 aliphatic rings. The summed E-state index contributed by atoms with van der Waals surface area (Å²) in [6.45, 7) is 1.99. The van der Waals surface area contributed by atoms with Crippen LogP contribution in [0.3, 0.4) is 0 Å². The molecule has 0 spiro atoms. The van der Waals surface area contributed by atoms with Crippen molar-refractivity contribution >= 4 is 23.6 Å². The number of ether oxygens (including phenoxy) is 1. The molecule has 0 aliphatic heterocycles. The van der Waals surface area contributed by atoms with Crippen LogP contribution in [0, 0.1) is 6.92 Å². The van der Waals surface area contributed by atoms with Crippen LogP contribution in [0.5, 0.6) is 0 Å². The molecule has 2 aromatic carbocycles. The summed E-state index contributed by atoms with van der Waals surface area (Å²) in [5, 5.41) is 3.96. The van der Waals surface area contributed by atoms with E-state index in [0.29, 0.717) is 17.9 Å². The molecular weight excluding hydrogens is 388 g/mol. The van der Waals surface area contributed by atoms with Crippen LogP contribution in [0.15, 0.2) is 70.1 Å². The van der Waals surface area contributed by atoms with E-state index in [1.165, 1.54) is 16.7 Å². The Balaban J connectivity index is 1.55. The first-order valence-electron chi connectivity index (χ1n) is 9.12. The predicted molar refractivity (Wildman–Crippen MR) is 110 cm³/mol. The van der Waals surface area contributed by atoms with E-state index in [4.69, 9.17) is 9.26 Å². The predicted octanol–water partition coefficient (Wildman–Crippen LogP) is 4.09. The van der Waals surface area contributed by atoms with Gasteiger partial charge < -0.3 is 14.2 Å². The van der Waals surface area contributed by atoms with Crippen LogP contribution in [-0.2, 0) is 21.8 Å². The maximum atomic E-state index is 12.5. The van der Waals surface area contributed by atoms with Crippen LogP contribution in [0.2, 0.25) is 0 Å². The fourth-order valence-corrected chi connectivity index (χ4v) is 3.58. The van der Waals surface area contributed by atoms with Crippen LogP contribution >= 0.6 is 11.8 Å². The second kappa shape index (κ2) is 9.93. The number of hydrogen-bond donors (Lipinski definition) is 0. The van der Waals surface area contributed by atoms with E-state index >= 15 is 0 Å². The van der Waals surface area contributed by atoms with Gasteiger partial charge in [-0.25, -0.2) is 4.79 Å². The molecule has 1 aromatic heterocycles. The largest absolute Gasteiger partial charge is 0.452 e. The molecule has 0 fully saturated rings. The molecular formula is C22H22N2O4S. The highest BCUT2D eigenvalue weighted by Crippen LogP contribution is 2.26. The molecule has 3 aromatic rings. The standard InChI is InChI=1S/C22H22N2O4S/c1-16-12-18(23-28-16)15-29-20-11-7-6-10-19(20)22(26)27-14-21(25)24(2)13-17-8-4-3-5-9-17/h3-12H,13-15H2,1-2H3. The van der Waals surface area contributed by atoms with Crippen LogP contribution in [0.25, 0.3) is 0 Å². The van der Waals surface area contributed by atoms with E-state index in [0.717, 1.165) is 21.9 Å². The van der Waals surface area contributed by atoms with Gasteiger partial charge in [0, 0.05) is 30.3 Å². The topological polar surface area (TPSA) is 72.6 Å². The smallest absolute Gasteiger partial charge is 0.339 e. The fraction of sp³-hybridized carbons (Fsp3) is 0.227. The molecule has 29 heavy (non-hydrogen) atoms. The number of rotatable bonds is 8. The minimum Gasteiger partial charge on any atom is -0.452 e. The summed E-state index contributed by atoms with van der Waals surface area (Å²) in [6, 6.07) is 18.7. The zero-order valence-electron chi connectivity index (χ0n) is 16.3. The van der Waals surface area contributed by atoms with Gasteiger partial charge in [-0.1, -0.05) is 47.6 Å². The summed E-state index contributed by atoms with van der Waals surface area (Å²) in [6.07, 6.45) is 0. The van der Waals surface area contributed by atoms with Gasteiger partial charge in [-0.3, -0.25) is 4.79 Å². The van der Waals surface area contributed by atoms with Gasteiger partial charge in [0.15, 0.2) is 6.61 Å². The van der Waals surface area contributed by atoms with Crippen molar-refractivity contribution in [3.05, 3.63) is 83.2 Å². The molecule has 1 amide bonds. The number of nitrogens with zero attached hydrogens (tertiary/aromatic N) is 2. The minimum absolute atomic E-state index is 0.259. The lowest BCUT2D eigenvalue weighted by atomic mass is 10.2. The number of hydrogen-bond acceptors (Lipinski definition) is 6. The molecule has 150 valence electrons. The molecule has 0 radical (unpaired) electrons. The Labute approximate surface area is 173 Å². The number of aromatic nitrogens is 1. The molecule has 0 unspecified atom stereocenters. The van der Waals surface area contributed by atoms with Crippen molar-refractivity contribution in [1.82, 2.24) is 10.1 Å². The van der Waals surface area contributed by atoms with Gasteiger partial charge in [-0.05, 0) is 24.6 Å². The van der Waals surface area contributed by atoms with Crippen molar-refractivity contribution in [3.63, 3.8) is 0 Å². The van der Waals surface area contributed by atoms with Crippen molar-refractivity contribution < 1.29 is 18.8 Å². The number of amides is 1. The summed E-state index contributed by atoms with van der Waals surface area (Å²) in [7, 11) is 1.69. The Morgan fingerprint density at radius 3 is 2.55 bits per heavy atom. The maximum absolute atomic E-state index is 12.5. The molecule has 0 saturated heterocycles. The van der Waals surface area contributed by atoms with Crippen LogP contribution < -0.4 is 0 Å². The van der Waals surface area contributed by atoms with Crippen LogP contribution in [-0.4, -0.2) is 35.6 Å². The monoisotopic (exact) mass is 410 g/mol. The number of thioether (sulfide) groups is 1. The number of carbonyl (C=O) groups excluding carboxylic acids is 2. The minimum atomic E-state index is -0.522. The highest BCUT2D eigenvalue weighted by molar-refractivity contribution is 7.98. The van der Waals surface area contributed by atoms with E-state index in [1.54, 1.807) is 19.2 Å². The van der Waals surface area contributed by atoms with Gasteiger partial charge >= 0.3 is 5.97 Å². The number of likely N-dealkylation sites (N-methyl/N-ethyl adjacent to an activating group) is 1. The van der Waals surface area contributed by atoms with E-state index in [-0.39, 0.29) is 12.5 Å². The third-order valence-electron chi connectivity index (χ3n) is 4.17. The lowest BCUT2D eigenvalue weighted by Crippen LogP contribution is -2.30. The van der Waals surface area contributed by atoms with Gasteiger partial charge in [-0.15, -0.1) is 11.8 Å². The lowest BCUT2D eigenvalue weighted by Gasteiger charge is -2.17. The molecule has 6 nitrogen and oxygen atoms in total. The van der Waals surface area contributed by atoms with Gasteiger partial charge in [0.2, 0.25) is 0 Å². The SMILES string of the molecule is Cc1cc(CSc2ccccc2C(=O)OCC(=O)N(C)Cc2ccccc2)no1. The van der Waals surface area contributed by atoms with Gasteiger partial charge in [0.25, 0.3) is 5.91 Å². The Kier molecular flexibility index (Phi) is 7.08. The average molecular weight is 410 g/mol. The van der Waals surface area contributed by atoms with E-state index < -0.39 is 5.97 Å². The second-order valence-electron chi connectivity index (χ2n) is 6.53. The second-order valence-corrected chi connectivity index (χ2v) is 7.54. The number of carbonyl (C=O) groups is 2. The lowest BCUT2D eigenvalue weighted by molar-refractivity contribution is -0.133. The van der Waals surface area contributed by atoms with E-state index in [2.05, 4.69) is 5.16 Å². The number of aryl methyl sites for hydroxylation is 1. The molecule has 1 heterocycles. The Morgan fingerprint density at radius 2 is 1.83 bits per heavy atom. The molecule has 0 saturated carbocycles. The third-order valence-corrected chi connectivity index (χ3v) is 5.28. The van der Waals surface area contributed by atoms with Crippen LogP contribution in [0.4, 0.5) is 0 Å². The van der Waals surface area contributed by atoms with Crippen molar-refractivity contribution in [2.75, 3.05) is 13.7 Å². The van der Waals surface area contributed by atoms with Crippen LogP contribution in [0.1, 0.15) is 27.4 Å². The zero-order chi connectivity index (χ0) is 20.6. The first-order chi connectivity index (χ1) is 14.0. The van der Waals surface area contributed by atoms with Gasteiger partial charge in [-0.2, -0.15) is 0 Å². The summed E-state index contributed by atoms with van der Waals surface area (Å²) in [4.78, 5) is 27.1. The van der Waals surface area contributed by atoms with E-state index in [9.17, 15) is 9.59 Å². The normalized spacial score (nSPS) is 10.6. The van der Waals surface area contributed by atoms with Gasteiger partial charge in [0.1, 0.15) is 5.76 Å². The summed E-state index contributed by atoms with van der Waals surface area (Å²) in [5.41, 5.74) is 2.24. The quantitative estimate of drug-likeness (QED) is 0.411. The average Bonchev–Trinajstić information content (AvgIpc) is 3.16. The fourth-order valence-electron chi connectivity index (χ4n) is 2.66. The van der Waals surface area contributed by atoms with E-state index in [1.807, 2.05) is 55.5 Å². The molecule has 7 heteroatoms. The van der Waals surface area contributed by atoms with Gasteiger partial charge in [0.05, 0.1) is 11.3 Å². The molecule has 3 rings (SSSR count). The zero-order valence-corrected chi connectivity index (χ0v) is 17.1. The third kappa shape index (κ3) is 5.96. The first kappa shape index (κ1) is 20.7. The summed E-state index contributed by atoms with van der Waals surface area (Å²) < 4.78 is 10.3. The van der Waals surface area contributed by atoms with Crippen molar-refractivity contribution in [3.8, 4) is 0 Å². The molecule has 0 bridgehead atoms. The maximum Gasteiger partial charge on any atom is 0.339 e. The highest BCUT2D eigenvalue weighted by Gasteiger charge is 2.17. The molecule has 0 atom stereocenters. The highest BCUT2D eigenvalue weighted by atomic mass is 32.2. The molecule has 0 N–H and O–H groups in total.